The lowest BCUT2D eigenvalue weighted by atomic mass is 9.87. The average molecular weight is 295 g/mol. The first-order valence-electron chi connectivity index (χ1n) is 7.11. The molecule has 0 saturated heterocycles. The lowest BCUT2D eigenvalue weighted by molar-refractivity contribution is -0.137. The summed E-state index contributed by atoms with van der Waals surface area (Å²) in [6.07, 6.45) is 2.98. The minimum absolute atomic E-state index is 0.0378. The summed E-state index contributed by atoms with van der Waals surface area (Å²) >= 11 is 0. The molecule has 2 N–H and O–H groups in total. The van der Waals surface area contributed by atoms with E-state index < -0.39 is 5.97 Å². The number of amides is 1. The van der Waals surface area contributed by atoms with Crippen LogP contribution in [-0.2, 0) is 28.5 Å². The molecule has 6 nitrogen and oxygen atoms in total. The third-order valence-corrected chi connectivity index (χ3v) is 3.20. The summed E-state index contributed by atoms with van der Waals surface area (Å²) in [7, 11) is 1.86. The predicted octanol–water partition coefficient (Wildman–Crippen LogP) is 1.63. The Balaban J connectivity index is 2.92. The number of carboxylic acid groups (broad SMARTS) is 1. The van der Waals surface area contributed by atoms with Gasteiger partial charge in [-0.3, -0.25) is 14.3 Å². The Labute approximate surface area is 125 Å². The average Bonchev–Trinajstić information content (AvgIpc) is 2.66. The summed E-state index contributed by atoms with van der Waals surface area (Å²) in [5.74, 6) is -1.00. The highest BCUT2D eigenvalue weighted by Crippen LogP contribution is 2.25. The van der Waals surface area contributed by atoms with Gasteiger partial charge in [0.25, 0.3) is 0 Å². The van der Waals surface area contributed by atoms with Gasteiger partial charge in [-0.15, -0.1) is 0 Å². The number of aryl methyl sites for hydroxylation is 1. The molecule has 0 bridgehead atoms. The van der Waals surface area contributed by atoms with E-state index in [1.54, 1.807) is 4.68 Å². The number of carbonyl (C=O) groups is 2. The predicted molar refractivity (Wildman–Crippen MR) is 80.1 cm³/mol. The topological polar surface area (TPSA) is 84.2 Å². The third kappa shape index (κ3) is 5.57. The molecule has 118 valence electrons. The van der Waals surface area contributed by atoms with E-state index in [-0.39, 0.29) is 23.8 Å². The molecule has 1 atom stereocenters. The maximum Gasteiger partial charge on any atom is 0.303 e. The number of aliphatic carboxylic acids is 1. The highest BCUT2D eigenvalue weighted by molar-refractivity contribution is 5.73. The molecule has 0 aliphatic rings. The fraction of sp³-hybridized carbons (Fsp3) is 0.667. The number of nitrogens with zero attached hydrogens (tertiary/aromatic N) is 2. The van der Waals surface area contributed by atoms with Crippen molar-refractivity contribution in [2.75, 3.05) is 0 Å². The van der Waals surface area contributed by atoms with Gasteiger partial charge in [0.15, 0.2) is 0 Å². The van der Waals surface area contributed by atoms with Crippen LogP contribution in [0.15, 0.2) is 6.20 Å². The van der Waals surface area contributed by atoms with Crippen molar-refractivity contribution in [2.24, 2.45) is 7.05 Å². The van der Waals surface area contributed by atoms with Crippen molar-refractivity contribution < 1.29 is 14.7 Å². The zero-order chi connectivity index (χ0) is 16.2. The summed E-state index contributed by atoms with van der Waals surface area (Å²) in [6.45, 7) is 7.71. The molecular formula is C15H25N3O3. The zero-order valence-corrected chi connectivity index (χ0v) is 13.4. The molecule has 21 heavy (non-hydrogen) atoms. The van der Waals surface area contributed by atoms with Crippen molar-refractivity contribution in [1.29, 1.82) is 0 Å². The van der Waals surface area contributed by atoms with Crippen LogP contribution in [0.2, 0.25) is 0 Å². The Kier molecular flexibility index (Phi) is 5.52. The van der Waals surface area contributed by atoms with Gasteiger partial charge in [-0.05, 0) is 18.4 Å². The SMILES string of the molecule is CC(=O)NC(CCC(=O)O)Cc1cn(C)nc1C(C)(C)C. The first kappa shape index (κ1) is 17.2. The minimum atomic E-state index is -0.854. The maximum absolute atomic E-state index is 11.3. The first-order chi connectivity index (χ1) is 9.59. The molecule has 1 unspecified atom stereocenters. The highest BCUT2D eigenvalue weighted by Gasteiger charge is 2.24. The second-order valence-corrected chi connectivity index (χ2v) is 6.46. The van der Waals surface area contributed by atoms with E-state index in [0.717, 1.165) is 11.3 Å². The van der Waals surface area contributed by atoms with E-state index >= 15 is 0 Å². The Morgan fingerprint density at radius 1 is 1.43 bits per heavy atom. The van der Waals surface area contributed by atoms with Crippen LogP contribution < -0.4 is 5.32 Å². The minimum Gasteiger partial charge on any atom is -0.481 e. The number of rotatable bonds is 6. The van der Waals surface area contributed by atoms with Crippen molar-refractivity contribution in [3.63, 3.8) is 0 Å². The van der Waals surface area contributed by atoms with Crippen LogP contribution >= 0.6 is 0 Å². The van der Waals surface area contributed by atoms with E-state index in [2.05, 4.69) is 31.2 Å². The normalized spacial score (nSPS) is 13.0. The molecule has 0 fully saturated rings. The molecule has 1 aromatic heterocycles. The Hall–Kier alpha value is -1.85. The second kappa shape index (κ2) is 6.74. The number of carbonyl (C=O) groups excluding carboxylic acids is 1. The van der Waals surface area contributed by atoms with Crippen LogP contribution in [0.1, 0.15) is 51.8 Å². The number of nitrogens with one attached hydrogen (secondary N) is 1. The largest absolute Gasteiger partial charge is 0.481 e. The Morgan fingerprint density at radius 2 is 2.05 bits per heavy atom. The number of hydrogen-bond donors (Lipinski definition) is 2. The highest BCUT2D eigenvalue weighted by atomic mass is 16.4. The zero-order valence-electron chi connectivity index (χ0n) is 13.4. The number of aromatic nitrogens is 2. The van der Waals surface area contributed by atoms with Gasteiger partial charge in [-0.2, -0.15) is 5.10 Å². The van der Waals surface area contributed by atoms with Crippen LogP contribution in [0.3, 0.4) is 0 Å². The van der Waals surface area contributed by atoms with Crippen molar-refractivity contribution in [2.45, 2.75) is 58.4 Å². The first-order valence-corrected chi connectivity index (χ1v) is 7.11. The molecule has 6 heteroatoms. The second-order valence-electron chi connectivity index (χ2n) is 6.46. The molecule has 1 amide bonds. The molecular weight excluding hydrogens is 270 g/mol. The van der Waals surface area contributed by atoms with Crippen LogP contribution in [0, 0.1) is 0 Å². The van der Waals surface area contributed by atoms with Gasteiger partial charge >= 0.3 is 5.97 Å². The Bertz CT molecular complexity index is 515. The number of hydrogen-bond acceptors (Lipinski definition) is 3. The van der Waals surface area contributed by atoms with Gasteiger partial charge in [0.05, 0.1) is 5.69 Å². The molecule has 1 aromatic rings. The maximum atomic E-state index is 11.3. The summed E-state index contributed by atoms with van der Waals surface area (Å²) < 4.78 is 1.76. The number of carboxylic acids is 1. The van der Waals surface area contributed by atoms with Gasteiger partial charge in [-0.25, -0.2) is 0 Å². The quantitative estimate of drug-likeness (QED) is 0.835. The van der Waals surface area contributed by atoms with Gasteiger partial charge < -0.3 is 10.4 Å². The van der Waals surface area contributed by atoms with Gasteiger partial charge in [0.2, 0.25) is 5.91 Å². The van der Waals surface area contributed by atoms with Crippen molar-refractivity contribution in [1.82, 2.24) is 15.1 Å². The van der Waals surface area contributed by atoms with Crippen LogP contribution in [-0.4, -0.2) is 32.8 Å². The monoisotopic (exact) mass is 295 g/mol. The summed E-state index contributed by atoms with van der Waals surface area (Å²) in [4.78, 5) is 22.0. The van der Waals surface area contributed by atoms with Crippen molar-refractivity contribution >= 4 is 11.9 Å². The molecule has 0 radical (unpaired) electrons. The van der Waals surface area contributed by atoms with E-state index in [1.807, 2.05) is 13.2 Å². The van der Waals surface area contributed by atoms with Crippen molar-refractivity contribution in [3.05, 3.63) is 17.5 Å². The smallest absolute Gasteiger partial charge is 0.303 e. The molecule has 0 aliphatic heterocycles. The van der Waals surface area contributed by atoms with Gasteiger partial charge in [0.1, 0.15) is 0 Å². The fourth-order valence-electron chi connectivity index (χ4n) is 2.39. The van der Waals surface area contributed by atoms with Gasteiger partial charge in [-0.1, -0.05) is 20.8 Å². The van der Waals surface area contributed by atoms with Crippen LogP contribution in [0.25, 0.3) is 0 Å². The lowest BCUT2D eigenvalue weighted by Gasteiger charge is -2.21. The molecule has 0 aromatic carbocycles. The van der Waals surface area contributed by atoms with Gasteiger partial charge in [0, 0.05) is 38.0 Å². The lowest BCUT2D eigenvalue weighted by Crippen LogP contribution is -2.35. The summed E-state index contributed by atoms with van der Waals surface area (Å²) in [5, 5.41) is 16.2. The summed E-state index contributed by atoms with van der Waals surface area (Å²) in [5.41, 5.74) is 1.94. The fourth-order valence-corrected chi connectivity index (χ4v) is 2.39. The van der Waals surface area contributed by atoms with Crippen LogP contribution in [0.4, 0.5) is 0 Å². The molecule has 1 heterocycles. The third-order valence-electron chi connectivity index (χ3n) is 3.20. The van der Waals surface area contributed by atoms with Crippen molar-refractivity contribution in [3.8, 4) is 0 Å². The molecule has 0 saturated carbocycles. The molecule has 0 spiro atoms. The summed E-state index contributed by atoms with van der Waals surface area (Å²) in [6, 6.07) is -0.191. The molecule has 0 aliphatic carbocycles. The molecule has 1 rings (SSSR count). The van der Waals surface area contributed by atoms with E-state index in [1.165, 1.54) is 6.92 Å². The van der Waals surface area contributed by atoms with Crippen LogP contribution in [0.5, 0.6) is 0 Å². The van der Waals surface area contributed by atoms with E-state index in [0.29, 0.717) is 12.8 Å². The Morgan fingerprint density at radius 3 is 2.52 bits per heavy atom. The standard InChI is InChI=1S/C15H25N3O3/c1-10(19)16-12(6-7-13(20)21)8-11-9-18(5)17-14(11)15(2,3)4/h9,12H,6-8H2,1-5H3,(H,16,19)(H,20,21). The van der Waals surface area contributed by atoms with E-state index in [4.69, 9.17) is 5.11 Å². The van der Waals surface area contributed by atoms with E-state index in [9.17, 15) is 9.59 Å².